The second-order valence-corrected chi connectivity index (χ2v) is 9.87. The van der Waals surface area contributed by atoms with Gasteiger partial charge >= 0.3 is 0 Å². The van der Waals surface area contributed by atoms with E-state index in [9.17, 15) is 13.2 Å². The number of aryl methyl sites for hydroxylation is 1. The van der Waals surface area contributed by atoms with Gasteiger partial charge in [0.2, 0.25) is 0 Å². The third-order valence-corrected chi connectivity index (χ3v) is 7.66. The summed E-state index contributed by atoms with van der Waals surface area (Å²) >= 11 is 0. The van der Waals surface area contributed by atoms with Gasteiger partial charge in [-0.1, -0.05) is 36.1 Å². The van der Waals surface area contributed by atoms with E-state index in [1.54, 1.807) is 18.2 Å². The Bertz CT molecular complexity index is 1090. The van der Waals surface area contributed by atoms with Gasteiger partial charge in [0.15, 0.2) is 0 Å². The molecule has 0 radical (unpaired) electrons. The van der Waals surface area contributed by atoms with E-state index >= 15 is 0 Å². The fraction of sp³-hybridized carbons (Fsp3) is 0.419. The minimum Gasteiger partial charge on any atom is -0.207 e. The summed E-state index contributed by atoms with van der Waals surface area (Å²) in [6.07, 6.45) is 14.2. The highest BCUT2D eigenvalue weighted by atomic mass is 19.1. The first-order valence-electron chi connectivity index (χ1n) is 12.5. The molecule has 2 aliphatic carbocycles. The molecule has 0 aliphatic heterocycles. The van der Waals surface area contributed by atoms with E-state index in [-0.39, 0.29) is 17.3 Å². The summed E-state index contributed by atoms with van der Waals surface area (Å²) in [6.45, 7) is 5.73. The highest BCUT2D eigenvalue weighted by molar-refractivity contribution is 5.46. The van der Waals surface area contributed by atoms with Crippen molar-refractivity contribution in [2.75, 3.05) is 0 Å². The van der Waals surface area contributed by atoms with Gasteiger partial charge in [-0.2, -0.15) is 0 Å². The fourth-order valence-electron chi connectivity index (χ4n) is 5.84. The first-order valence-corrected chi connectivity index (χ1v) is 12.5. The first kappa shape index (κ1) is 24.4. The van der Waals surface area contributed by atoms with Gasteiger partial charge in [-0.05, 0) is 117 Å². The van der Waals surface area contributed by atoms with Crippen molar-refractivity contribution < 1.29 is 13.2 Å². The minimum absolute atomic E-state index is 0.197. The van der Waals surface area contributed by atoms with E-state index in [4.69, 9.17) is 0 Å². The summed E-state index contributed by atoms with van der Waals surface area (Å²) in [6, 6.07) is 7.59. The van der Waals surface area contributed by atoms with Crippen molar-refractivity contribution in [1.82, 2.24) is 0 Å². The van der Waals surface area contributed by atoms with Gasteiger partial charge in [-0.3, -0.25) is 0 Å². The number of rotatable bonds is 5. The molecule has 34 heavy (non-hydrogen) atoms. The maximum atomic E-state index is 14.9. The lowest BCUT2D eigenvalue weighted by Crippen LogP contribution is -2.30. The second kappa shape index (κ2) is 11.1. The van der Waals surface area contributed by atoms with Crippen LogP contribution in [-0.2, 0) is 6.42 Å². The van der Waals surface area contributed by atoms with Crippen LogP contribution in [0.2, 0.25) is 0 Å². The van der Waals surface area contributed by atoms with Crippen LogP contribution in [0.4, 0.5) is 13.2 Å². The summed E-state index contributed by atoms with van der Waals surface area (Å²) in [4.78, 5) is 0. The number of halogens is 3. The highest BCUT2D eigenvalue weighted by Crippen LogP contribution is 2.48. The van der Waals surface area contributed by atoms with Gasteiger partial charge < -0.3 is 0 Å². The molecule has 0 N–H and O–H groups in total. The number of fused-ring (bicyclic) bond motifs is 1. The van der Waals surface area contributed by atoms with Crippen LogP contribution in [0.15, 0.2) is 55.1 Å². The van der Waals surface area contributed by atoms with E-state index < -0.39 is 11.6 Å². The molecule has 0 bridgehead atoms. The molecule has 2 aromatic rings. The summed E-state index contributed by atoms with van der Waals surface area (Å²) in [5.74, 6) is 5.95. The number of hydrogen-bond donors (Lipinski definition) is 0. The van der Waals surface area contributed by atoms with Crippen LogP contribution >= 0.6 is 0 Å². The van der Waals surface area contributed by atoms with Crippen molar-refractivity contribution >= 4 is 0 Å². The fourth-order valence-corrected chi connectivity index (χ4v) is 5.84. The lowest BCUT2D eigenvalue weighted by atomic mass is 9.64. The molecule has 4 atom stereocenters. The maximum Gasteiger partial charge on any atom is 0.142 e. The van der Waals surface area contributed by atoms with E-state index in [1.165, 1.54) is 37.5 Å². The van der Waals surface area contributed by atoms with Crippen molar-refractivity contribution in [2.24, 2.45) is 17.8 Å². The van der Waals surface area contributed by atoms with Crippen LogP contribution < -0.4 is 0 Å². The van der Waals surface area contributed by atoms with Crippen LogP contribution in [0.1, 0.15) is 80.0 Å². The van der Waals surface area contributed by atoms with E-state index in [1.807, 2.05) is 0 Å². The second-order valence-electron chi connectivity index (χ2n) is 9.87. The summed E-state index contributed by atoms with van der Waals surface area (Å²) in [5, 5.41) is 0. The molecule has 178 valence electrons. The Morgan fingerprint density at radius 1 is 0.912 bits per heavy atom. The number of benzene rings is 2. The molecule has 2 saturated carbocycles. The van der Waals surface area contributed by atoms with Crippen LogP contribution in [0.5, 0.6) is 0 Å². The lowest BCUT2D eigenvalue weighted by Gasteiger charge is -2.41. The molecule has 4 rings (SSSR count). The molecule has 2 aliphatic rings. The smallest absolute Gasteiger partial charge is 0.142 e. The summed E-state index contributed by atoms with van der Waals surface area (Å²) < 4.78 is 44.0. The topological polar surface area (TPSA) is 0 Å². The van der Waals surface area contributed by atoms with Crippen LogP contribution in [0.3, 0.4) is 0 Å². The zero-order valence-corrected chi connectivity index (χ0v) is 19.9. The average Bonchev–Trinajstić information content (AvgIpc) is 2.82. The largest absolute Gasteiger partial charge is 0.207 e. The zero-order valence-electron chi connectivity index (χ0n) is 19.9. The molecule has 3 heteroatoms. The maximum absolute atomic E-state index is 14.9. The molecule has 0 saturated heterocycles. The molecule has 0 amide bonds. The predicted octanol–water partition coefficient (Wildman–Crippen LogP) is 8.50. The van der Waals surface area contributed by atoms with Crippen molar-refractivity contribution in [3.63, 3.8) is 0 Å². The molecular weight excluding hydrogens is 429 g/mol. The summed E-state index contributed by atoms with van der Waals surface area (Å²) in [5.41, 5.74) is 1.47. The SMILES string of the molecule is C=CCCc1ccc(C#Cc2c(F)cc(C3CCC4CC(/C=C/C)CCC4C3)cc2F)cc1F. The van der Waals surface area contributed by atoms with Gasteiger partial charge in [-0.15, -0.1) is 6.58 Å². The van der Waals surface area contributed by atoms with Crippen molar-refractivity contribution in [2.45, 2.75) is 64.2 Å². The van der Waals surface area contributed by atoms with Gasteiger partial charge in [0.25, 0.3) is 0 Å². The minimum atomic E-state index is -0.635. The molecule has 4 unspecified atom stereocenters. The van der Waals surface area contributed by atoms with Gasteiger partial charge in [-0.25, -0.2) is 13.2 Å². The molecule has 0 spiro atoms. The monoisotopic (exact) mass is 462 g/mol. The molecule has 2 aromatic carbocycles. The average molecular weight is 463 g/mol. The highest BCUT2D eigenvalue weighted by Gasteiger charge is 2.35. The van der Waals surface area contributed by atoms with Crippen molar-refractivity contribution in [3.8, 4) is 11.8 Å². The van der Waals surface area contributed by atoms with Crippen molar-refractivity contribution in [3.05, 3.63) is 94.8 Å². The van der Waals surface area contributed by atoms with Crippen molar-refractivity contribution in [1.29, 1.82) is 0 Å². The molecule has 2 fully saturated rings. The third-order valence-electron chi connectivity index (χ3n) is 7.66. The normalized spacial score (nSPS) is 24.4. The van der Waals surface area contributed by atoms with E-state index in [2.05, 4.69) is 37.5 Å². The Balaban J connectivity index is 1.46. The Morgan fingerprint density at radius 2 is 1.65 bits per heavy atom. The van der Waals surface area contributed by atoms with E-state index in [0.717, 1.165) is 30.7 Å². The molecule has 0 nitrogen and oxygen atoms in total. The van der Waals surface area contributed by atoms with Gasteiger partial charge in [0.05, 0.1) is 5.56 Å². The number of allylic oxidation sites excluding steroid dienone is 3. The lowest BCUT2D eigenvalue weighted by molar-refractivity contribution is 0.133. The van der Waals surface area contributed by atoms with E-state index in [0.29, 0.717) is 35.8 Å². The quantitative estimate of drug-likeness (QED) is 0.309. The predicted molar refractivity (Wildman–Crippen MR) is 133 cm³/mol. The molecule has 0 aromatic heterocycles. The third kappa shape index (κ3) is 5.66. The van der Waals surface area contributed by atoms with Gasteiger partial charge in [0.1, 0.15) is 17.5 Å². The Labute approximate surface area is 202 Å². The van der Waals surface area contributed by atoms with Crippen LogP contribution in [-0.4, -0.2) is 0 Å². The zero-order chi connectivity index (χ0) is 24.1. The standard InChI is InChI=1S/C31H33F3/c1-3-5-7-23-11-8-22(17-29(23)32)10-15-28-30(33)19-27(20-31(28)34)26-14-13-24-16-21(6-4-2)9-12-25(24)18-26/h3-4,6,8,11,17,19-21,24-26H,1,5,7,9,12-14,16,18H2,2H3/b6-4+. The van der Waals surface area contributed by atoms with Crippen LogP contribution in [0, 0.1) is 47.0 Å². The number of hydrogen-bond acceptors (Lipinski definition) is 0. The first-order chi connectivity index (χ1) is 16.5. The summed E-state index contributed by atoms with van der Waals surface area (Å²) in [7, 11) is 0. The Kier molecular flexibility index (Phi) is 7.99. The molecule has 0 heterocycles. The van der Waals surface area contributed by atoms with Crippen LogP contribution in [0.25, 0.3) is 0 Å². The Morgan fingerprint density at radius 3 is 2.35 bits per heavy atom. The molecular formula is C31H33F3. The Hall–Kier alpha value is -2.73. The van der Waals surface area contributed by atoms with Gasteiger partial charge in [0, 0.05) is 5.56 Å².